The minimum absolute atomic E-state index is 0.204. The quantitative estimate of drug-likeness (QED) is 0.480. The highest BCUT2D eigenvalue weighted by Gasteiger charge is 2.35. The maximum absolute atomic E-state index is 11.9. The van der Waals surface area contributed by atoms with Crippen molar-refractivity contribution in [3.63, 3.8) is 0 Å². The largest absolute Gasteiger partial charge is 0.442 e. The van der Waals surface area contributed by atoms with Crippen molar-refractivity contribution in [2.45, 2.75) is 12.4 Å². The first-order chi connectivity index (χ1) is 6.05. The number of rotatable bonds is 1. The van der Waals surface area contributed by atoms with Crippen LogP contribution in [0.4, 0.5) is 30.7 Å². The fraction of sp³-hybridized carbons (Fsp3) is 0.333. The minimum Gasteiger partial charge on any atom is -0.202 e. The van der Waals surface area contributed by atoms with E-state index in [4.69, 9.17) is 0 Å². The van der Waals surface area contributed by atoms with Crippen LogP contribution in [0.25, 0.3) is 0 Å². The molecule has 0 aliphatic rings. The molecular weight excluding hydrogens is 241 g/mol. The van der Waals surface area contributed by atoms with Gasteiger partial charge in [-0.1, -0.05) is 11.6 Å². The average Bonchev–Trinajstić information content (AvgIpc) is 1.95. The molecule has 0 saturated heterocycles. The summed E-state index contributed by atoms with van der Waals surface area (Å²) >= 11 is 4.51. The van der Waals surface area contributed by atoms with Gasteiger partial charge in [0.05, 0.1) is 0 Å². The first kappa shape index (κ1) is 13.3. The third kappa shape index (κ3) is 4.50. The van der Waals surface area contributed by atoms with E-state index >= 15 is 0 Å². The highest BCUT2D eigenvalue weighted by atomic mass is 35.5. The molecule has 0 N–H and O–H groups in total. The standard InChI is InChI=1S/C6H2ClF7/c7-3(5(9,10)11)1-2-4(8)6(12,13)14/h1-2H. The summed E-state index contributed by atoms with van der Waals surface area (Å²) in [6.45, 7) is 0. The Morgan fingerprint density at radius 3 is 1.57 bits per heavy atom. The Hall–Kier alpha value is -0.720. The molecule has 0 radical (unpaired) electrons. The van der Waals surface area contributed by atoms with Crippen LogP contribution in [0.2, 0.25) is 0 Å². The van der Waals surface area contributed by atoms with Crippen LogP contribution >= 0.6 is 11.6 Å². The van der Waals surface area contributed by atoms with E-state index in [0.717, 1.165) is 0 Å². The second-order valence-electron chi connectivity index (χ2n) is 2.02. The third-order valence-corrected chi connectivity index (χ3v) is 1.26. The van der Waals surface area contributed by atoms with Crippen molar-refractivity contribution in [3.05, 3.63) is 23.0 Å². The first-order valence-corrected chi connectivity index (χ1v) is 3.30. The number of hydrogen-bond donors (Lipinski definition) is 0. The molecule has 0 nitrogen and oxygen atoms in total. The fourth-order valence-electron chi connectivity index (χ4n) is 0.335. The predicted molar refractivity (Wildman–Crippen MR) is 35.2 cm³/mol. The van der Waals surface area contributed by atoms with Gasteiger partial charge in [-0.15, -0.1) is 0 Å². The van der Waals surface area contributed by atoms with Crippen LogP contribution in [0.3, 0.4) is 0 Å². The SMILES string of the molecule is FC(=CC=C(Cl)C(F)(F)F)C(F)(F)F. The predicted octanol–water partition coefficient (Wildman–Crippen LogP) is 4.09. The van der Waals surface area contributed by atoms with Gasteiger partial charge in [0.1, 0.15) is 5.03 Å². The van der Waals surface area contributed by atoms with E-state index in [-0.39, 0.29) is 6.08 Å². The normalized spacial score (nSPS) is 16.0. The molecule has 0 spiro atoms. The molecule has 0 aliphatic carbocycles. The summed E-state index contributed by atoms with van der Waals surface area (Å²) in [6.07, 6.45) is -10.9. The summed E-state index contributed by atoms with van der Waals surface area (Å²) < 4.78 is 80.8. The number of halogens is 8. The van der Waals surface area contributed by atoms with E-state index in [1.165, 1.54) is 0 Å². The van der Waals surface area contributed by atoms with Crippen molar-refractivity contribution in [2.75, 3.05) is 0 Å². The Balaban J connectivity index is 4.73. The second kappa shape index (κ2) is 4.20. The summed E-state index contributed by atoms with van der Waals surface area (Å²) in [7, 11) is 0. The van der Waals surface area contributed by atoms with E-state index in [1.807, 2.05) is 0 Å². The molecule has 0 amide bonds. The van der Waals surface area contributed by atoms with Crippen LogP contribution in [0.5, 0.6) is 0 Å². The van der Waals surface area contributed by atoms with E-state index in [0.29, 0.717) is 0 Å². The second-order valence-corrected chi connectivity index (χ2v) is 2.43. The lowest BCUT2D eigenvalue weighted by atomic mass is 10.4. The maximum atomic E-state index is 11.9. The van der Waals surface area contributed by atoms with Crippen LogP contribution in [-0.2, 0) is 0 Å². The molecule has 0 fully saturated rings. The zero-order valence-electron chi connectivity index (χ0n) is 6.18. The van der Waals surface area contributed by atoms with Crippen molar-refractivity contribution < 1.29 is 30.7 Å². The van der Waals surface area contributed by atoms with Gasteiger partial charge < -0.3 is 0 Å². The molecule has 0 unspecified atom stereocenters. The Morgan fingerprint density at radius 1 is 0.857 bits per heavy atom. The van der Waals surface area contributed by atoms with Gasteiger partial charge in [-0.3, -0.25) is 0 Å². The van der Waals surface area contributed by atoms with E-state index in [9.17, 15) is 30.7 Å². The fourth-order valence-corrected chi connectivity index (χ4v) is 0.398. The van der Waals surface area contributed by atoms with Gasteiger partial charge >= 0.3 is 12.4 Å². The average molecular weight is 243 g/mol. The highest BCUT2D eigenvalue weighted by molar-refractivity contribution is 6.30. The molecule has 0 atom stereocenters. The molecule has 0 saturated carbocycles. The third-order valence-electron chi connectivity index (χ3n) is 0.918. The highest BCUT2D eigenvalue weighted by Crippen LogP contribution is 2.30. The zero-order chi connectivity index (χ0) is 11.6. The van der Waals surface area contributed by atoms with Crippen molar-refractivity contribution >= 4 is 11.6 Å². The monoisotopic (exact) mass is 242 g/mol. The number of alkyl halides is 6. The van der Waals surface area contributed by atoms with Crippen molar-refractivity contribution in [1.29, 1.82) is 0 Å². The summed E-state index contributed by atoms with van der Waals surface area (Å²) in [5.74, 6) is -2.65. The maximum Gasteiger partial charge on any atom is 0.442 e. The lowest BCUT2D eigenvalue weighted by Gasteiger charge is -2.03. The lowest BCUT2D eigenvalue weighted by Crippen LogP contribution is -2.09. The van der Waals surface area contributed by atoms with Crippen LogP contribution in [0, 0.1) is 0 Å². The lowest BCUT2D eigenvalue weighted by molar-refractivity contribution is -0.108. The molecule has 0 aromatic rings. The van der Waals surface area contributed by atoms with Gasteiger partial charge in [0.15, 0.2) is 0 Å². The Bertz CT molecular complexity index is 228. The molecule has 0 aliphatic heterocycles. The zero-order valence-corrected chi connectivity index (χ0v) is 6.93. The molecule has 0 heterocycles. The topological polar surface area (TPSA) is 0 Å². The van der Waals surface area contributed by atoms with Crippen molar-refractivity contribution in [2.24, 2.45) is 0 Å². The molecule has 8 heteroatoms. The van der Waals surface area contributed by atoms with Crippen molar-refractivity contribution in [3.8, 4) is 0 Å². The smallest absolute Gasteiger partial charge is 0.202 e. The van der Waals surface area contributed by atoms with Gasteiger partial charge in [-0.05, 0) is 12.2 Å². The van der Waals surface area contributed by atoms with Gasteiger partial charge in [0.2, 0.25) is 5.83 Å². The van der Waals surface area contributed by atoms with Crippen LogP contribution < -0.4 is 0 Å². The number of hydrogen-bond acceptors (Lipinski definition) is 0. The Morgan fingerprint density at radius 2 is 1.29 bits per heavy atom. The van der Waals surface area contributed by atoms with E-state index < -0.39 is 29.3 Å². The summed E-state index contributed by atoms with van der Waals surface area (Å²) in [5.41, 5.74) is 0. The summed E-state index contributed by atoms with van der Waals surface area (Å²) in [6, 6.07) is 0. The van der Waals surface area contributed by atoms with Gasteiger partial charge in [0.25, 0.3) is 0 Å². The molecule has 0 bridgehead atoms. The molecule has 0 aromatic carbocycles. The summed E-state index contributed by atoms with van der Waals surface area (Å²) in [5, 5.41) is -1.84. The first-order valence-electron chi connectivity index (χ1n) is 2.92. The molecule has 14 heavy (non-hydrogen) atoms. The number of allylic oxidation sites excluding steroid dienone is 4. The van der Waals surface area contributed by atoms with Crippen LogP contribution in [0.1, 0.15) is 0 Å². The van der Waals surface area contributed by atoms with Gasteiger partial charge in [-0.2, -0.15) is 26.3 Å². The molecule has 0 rings (SSSR count). The Kier molecular flexibility index (Phi) is 3.99. The van der Waals surface area contributed by atoms with Crippen molar-refractivity contribution in [1.82, 2.24) is 0 Å². The van der Waals surface area contributed by atoms with E-state index in [1.54, 1.807) is 0 Å². The minimum atomic E-state index is -5.31. The van der Waals surface area contributed by atoms with Gasteiger partial charge in [0, 0.05) is 0 Å². The van der Waals surface area contributed by atoms with Gasteiger partial charge in [-0.25, -0.2) is 4.39 Å². The Labute approximate surface area is 78.6 Å². The summed E-state index contributed by atoms with van der Waals surface area (Å²) in [4.78, 5) is 0. The molecular formula is C6H2ClF7. The van der Waals surface area contributed by atoms with Crippen LogP contribution in [-0.4, -0.2) is 12.4 Å². The molecule has 82 valence electrons. The molecule has 0 aromatic heterocycles. The van der Waals surface area contributed by atoms with E-state index in [2.05, 4.69) is 11.6 Å². The van der Waals surface area contributed by atoms with Crippen LogP contribution in [0.15, 0.2) is 23.0 Å².